The second-order valence-corrected chi connectivity index (χ2v) is 10.8. The Bertz CT molecular complexity index is 920. The highest BCUT2D eigenvalue weighted by Crippen LogP contribution is 2.51. The minimum absolute atomic E-state index is 0.200. The number of methoxy groups -OCH3 is 1. The predicted molar refractivity (Wildman–Crippen MR) is 147 cm³/mol. The van der Waals surface area contributed by atoms with Crippen LogP contribution in [0.2, 0.25) is 0 Å². The third-order valence-corrected chi connectivity index (χ3v) is 8.08. The summed E-state index contributed by atoms with van der Waals surface area (Å²) in [5.41, 5.74) is 0.582. The zero-order valence-electron chi connectivity index (χ0n) is 24.2. The summed E-state index contributed by atoms with van der Waals surface area (Å²) in [6.07, 6.45) is 2.30. The van der Waals surface area contributed by atoms with Crippen molar-refractivity contribution in [3.63, 3.8) is 0 Å². The zero-order valence-corrected chi connectivity index (χ0v) is 24.2. The quantitative estimate of drug-likeness (QED) is 0.253. The molecule has 1 saturated heterocycles. The van der Waals surface area contributed by atoms with Gasteiger partial charge in [-0.05, 0) is 30.7 Å². The molecule has 0 amide bonds. The van der Waals surface area contributed by atoms with E-state index in [4.69, 9.17) is 23.7 Å². The molecule has 0 radical (unpaired) electrons. The molecule has 0 aromatic heterocycles. The SMILES string of the molecule is CCCCC(CC)COc1cc2c(c(OCC(CC)CCCC)c1OC)[C@@H]1O[C@H](CO)[C@@H](O)[C@H](O)[C@H]1OC2=O. The van der Waals surface area contributed by atoms with Gasteiger partial charge in [-0.3, -0.25) is 0 Å². The van der Waals surface area contributed by atoms with Crippen LogP contribution in [-0.2, 0) is 9.47 Å². The average Bonchev–Trinajstić information content (AvgIpc) is 2.95. The van der Waals surface area contributed by atoms with E-state index in [1.54, 1.807) is 6.07 Å². The molecule has 1 fully saturated rings. The van der Waals surface area contributed by atoms with Crippen molar-refractivity contribution in [1.82, 2.24) is 0 Å². The number of aliphatic hydroxyl groups excluding tert-OH is 3. The monoisotopic (exact) mass is 552 g/mol. The lowest BCUT2D eigenvalue weighted by Crippen LogP contribution is -2.58. The summed E-state index contributed by atoms with van der Waals surface area (Å²) in [4.78, 5) is 13.2. The molecule has 2 unspecified atom stereocenters. The van der Waals surface area contributed by atoms with Crippen LogP contribution in [0.15, 0.2) is 6.07 Å². The average molecular weight is 553 g/mol. The first-order chi connectivity index (χ1) is 18.8. The Balaban J connectivity index is 2.06. The normalized spacial score (nSPS) is 25.7. The summed E-state index contributed by atoms with van der Waals surface area (Å²) in [5, 5.41) is 31.0. The van der Waals surface area contributed by atoms with Crippen LogP contribution in [0.1, 0.15) is 101 Å². The second kappa shape index (κ2) is 15.1. The highest BCUT2D eigenvalue weighted by atomic mass is 16.6. The molecule has 9 nitrogen and oxygen atoms in total. The molecule has 39 heavy (non-hydrogen) atoms. The van der Waals surface area contributed by atoms with E-state index in [-0.39, 0.29) is 5.56 Å². The van der Waals surface area contributed by atoms with E-state index in [0.717, 1.165) is 51.4 Å². The number of carbonyl (C=O) groups is 1. The predicted octanol–water partition coefficient (Wildman–Crippen LogP) is 4.58. The fourth-order valence-corrected chi connectivity index (χ4v) is 5.37. The van der Waals surface area contributed by atoms with E-state index < -0.39 is 43.1 Å². The van der Waals surface area contributed by atoms with E-state index in [1.807, 2.05) is 0 Å². The van der Waals surface area contributed by atoms with Gasteiger partial charge in [0.25, 0.3) is 0 Å². The van der Waals surface area contributed by atoms with Crippen LogP contribution in [0.4, 0.5) is 0 Å². The van der Waals surface area contributed by atoms with Crippen molar-refractivity contribution >= 4 is 5.97 Å². The van der Waals surface area contributed by atoms with E-state index in [2.05, 4.69) is 27.7 Å². The second-order valence-electron chi connectivity index (χ2n) is 10.8. The fraction of sp³-hybridized carbons (Fsp3) is 0.767. The molecule has 0 bridgehead atoms. The van der Waals surface area contributed by atoms with Gasteiger partial charge in [0, 0.05) is 5.56 Å². The van der Waals surface area contributed by atoms with Crippen LogP contribution < -0.4 is 14.2 Å². The Morgan fingerprint density at radius 1 is 0.923 bits per heavy atom. The van der Waals surface area contributed by atoms with Crippen LogP contribution in [0.5, 0.6) is 17.2 Å². The third kappa shape index (κ3) is 7.17. The minimum atomic E-state index is -1.44. The Morgan fingerprint density at radius 2 is 1.54 bits per heavy atom. The molecule has 7 atom stereocenters. The lowest BCUT2D eigenvalue weighted by molar-refractivity contribution is -0.235. The van der Waals surface area contributed by atoms with Crippen LogP contribution in [0.3, 0.4) is 0 Å². The van der Waals surface area contributed by atoms with Gasteiger partial charge in [0.2, 0.25) is 5.75 Å². The topological polar surface area (TPSA) is 124 Å². The van der Waals surface area contributed by atoms with Crippen LogP contribution in [-0.4, -0.2) is 72.6 Å². The lowest BCUT2D eigenvalue weighted by Gasteiger charge is -2.44. The molecule has 3 rings (SSSR count). The molecule has 222 valence electrons. The fourth-order valence-electron chi connectivity index (χ4n) is 5.37. The standard InChI is InChI=1S/C30H48O9/c1-6-10-12-18(8-3)16-36-21-14-20-23(27(26(21)35-5)37-17-19(9-4)13-11-7-2)28-29(39-30(20)34)25(33)24(32)22(15-31)38-28/h14,18-19,22,24-25,28-29,31-33H,6-13,15-17H2,1-5H3/t18?,19?,22-,24-,25+,28+,29-/m1/s1. The molecular formula is C30H48O9. The number of rotatable bonds is 16. The van der Waals surface area contributed by atoms with Gasteiger partial charge in [-0.2, -0.15) is 0 Å². The van der Waals surface area contributed by atoms with E-state index in [1.165, 1.54) is 7.11 Å². The lowest BCUT2D eigenvalue weighted by atomic mass is 9.86. The molecule has 0 aliphatic carbocycles. The highest BCUT2D eigenvalue weighted by molar-refractivity contribution is 5.95. The van der Waals surface area contributed by atoms with Crippen molar-refractivity contribution in [2.45, 2.75) is 110 Å². The molecule has 2 heterocycles. The largest absolute Gasteiger partial charge is 0.490 e. The number of esters is 1. The summed E-state index contributed by atoms with van der Waals surface area (Å²) >= 11 is 0. The van der Waals surface area contributed by atoms with Crippen LogP contribution in [0.25, 0.3) is 0 Å². The van der Waals surface area contributed by atoms with Gasteiger partial charge in [0.1, 0.15) is 24.4 Å². The molecule has 2 aliphatic rings. The summed E-state index contributed by atoms with van der Waals surface area (Å²) in [5.74, 6) is 1.03. The van der Waals surface area contributed by atoms with Crippen molar-refractivity contribution < 1.29 is 43.8 Å². The first-order valence-electron chi connectivity index (χ1n) is 14.7. The molecule has 0 saturated carbocycles. The Kier molecular flexibility index (Phi) is 12.2. The Morgan fingerprint density at radius 3 is 2.08 bits per heavy atom. The number of hydrogen-bond donors (Lipinski definition) is 3. The number of carbonyl (C=O) groups excluding carboxylic acids is 1. The number of ether oxygens (including phenoxy) is 5. The maximum absolute atomic E-state index is 13.2. The highest BCUT2D eigenvalue weighted by Gasteiger charge is 2.52. The van der Waals surface area contributed by atoms with Crippen LogP contribution >= 0.6 is 0 Å². The van der Waals surface area contributed by atoms with Gasteiger partial charge in [0.15, 0.2) is 17.6 Å². The molecule has 1 aromatic rings. The minimum Gasteiger partial charge on any atom is -0.490 e. The van der Waals surface area contributed by atoms with Crippen molar-refractivity contribution in [2.24, 2.45) is 11.8 Å². The number of aliphatic hydroxyl groups is 3. The van der Waals surface area contributed by atoms with Crippen LogP contribution in [0, 0.1) is 11.8 Å². The first kappa shape index (κ1) is 31.5. The third-order valence-electron chi connectivity index (χ3n) is 8.08. The molecule has 0 spiro atoms. The molecule has 9 heteroatoms. The van der Waals surface area contributed by atoms with E-state index in [0.29, 0.717) is 47.9 Å². The van der Waals surface area contributed by atoms with Gasteiger partial charge < -0.3 is 39.0 Å². The summed E-state index contributed by atoms with van der Waals surface area (Å²) in [6.45, 7) is 8.94. The number of fused-ring (bicyclic) bond motifs is 3. The van der Waals surface area contributed by atoms with Gasteiger partial charge in [0.05, 0.1) is 32.5 Å². The molecule has 2 aliphatic heterocycles. The van der Waals surface area contributed by atoms with E-state index in [9.17, 15) is 20.1 Å². The molecule has 1 aromatic carbocycles. The zero-order chi connectivity index (χ0) is 28.5. The number of hydrogen-bond acceptors (Lipinski definition) is 9. The van der Waals surface area contributed by atoms with Gasteiger partial charge in [-0.15, -0.1) is 0 Å². The maximum Gasteiger partial charge on any atom is 0.339 e. The van der Waals surface area contributed by atoms with Crippen molar-refractivity contribution in [3.05, 3.63) is 17.2 Å². The summed E-state index contributed by atoms with van der Waals surface area (Å²) in [6, 6.07) is 1.59. The van der Waals surface area contributed by atoms with Gasteiger partial charge in [-0.1, -0.05) is 66.2 Å². The Labute approximate surface area is 232 Å². The van der Waals surface area contributed by atoms with Gasteiger partial charge in [-0.25, -0.2) is 4.79 Å². The van der Waals surface area contributed by atoms with Gasteiger partial charge >= 0.3 is 5.97 Å². The summed E-state index contributed by atoms with van der Waals surface area (Å²) < 4.78 is 30.1. The summed E-state index contributed by atoms with van der Waals surface area (Å²) in [7, 11) is 1.53. The van der Waals surface area contributed by atoms with Crippen molar-refractivity contribution in [3.8, 4) is 17.2 Å². The Hall–Kier alpha value is -2.07. The van der Waals surface area contributed by atoms with E-state index >= 15 is 0 Å². The molecule has 3 N–H and O–H groups in total. The smallest absolute Gasteiger partial charge is 0.339 e. The maximum atomic E-state index is 13.2. The number of unbranched alkanes of at least 4 members (excludes halogenated alkanes) is 2. The molecular weight excluding hydrogens is 504 g/mol. The van der Waals surface area contributed by atoms with Crippen molar-refractivity contribution in [2.75, 3.05) is 26.9 Å². The van der Waals surface area contributed by atoms with Crippen molar-refractivity contribution in [1.29, 1.82) is 0 Å². The number of benzene rings is 1. The first-order valence-corrected chi connectivity index (χ1v) is 14.7.